The Morgan fingerprint density at radius 1 is 0.893 bits per heavy atom. The zero-order valence-corrected chi connectivity index (χ0v) is 15.8. The molecule has 0 heterocycles. The van der Waals surface area contributed by atoms with Gasteiger partial charge < -0.3 is 4.74 Å². The molecule has 0 amide bonds. The van der Waals surface area contributed by atoms with E-state index in [2.05, 4.69) is 29.5 Å². The third-order valence-electron chi connectivity index (χ3n) is 5.39. The summed E-state index contributed by atoms with van der Waals surface area (Å²) in [7, 11) is 0. The van der Waals surface area contributed by atoms with Gasteiger partial charge >= 0.3 is 6.36 Å². The van der Waals surface area contributed by atoms with Gasteiger partial charge in [0.2, 0.25) is 0 Å². The van der Waals surface area contributed by atoms with E-state index in [9.17, 15) is 13.2 Å². The summed E-state index contributed by atoms with van der Waals surface area (Å²) in [6, 6.07) is 14.4. The minimum Gasteiger partial charge on any atom is -0.406 e. The van der Waals surface area contributed by atoms with Gasteiger partial charge in [-0.3, -0.25) is 0 Å². The Kier molecular flexibility index (Phi) is 6.61. The zero-order valence-electron chi connectivity index (χ0n) is 15.8. The molecule has 1 fully saturated rings. The van der Waals surface area contributed by atoms with Crippen molar-refractivity contribution in [1.29, 1.82) is 0 Å². The van der Waals surface area contributed by atoms with Crippen molar-refractivity contribution in [1.82, 2.24) is 0 Å². The van der Waals surface area contributed by atoms with Crippen LogP contribution < -0.4 is 4.74 Å². The first kappa shape index (κ1) is 20.2. The van der Waals surface area contributed by atoms with Crippen LogP contribution in [0, 0.1) is 5.92 Å². The summed E-state index contributed by atoms with van der Waals surface area (Å²) in [5, 5.41) is 0. The fraction of sp³-hybridized carbons (Fsp3) is 0.333. The molecule has 2 aromatic carbocycles. The SMILES string of the molecule is C=CC=CCC1CCC(c2ccc(-c3ccc(OC(F)(F)F)cc3)cc2)CC1. The van der Waals surface area contributed by atoms with Crippen LogP contribution in [0.25, 0.3) is 11.1 Å². The van der Waals surface area contributed by atoms with Gasteiger partial charge in [-0.1, -0.05) is 61.2 Å². The molecular formula is C24H25F3O. The first-order valence-electron chi connectivity index (χ1n) is 9.68. The number of rotatable bonds is 6. The van der Waals surface area contributed by atoms with Crippen molar-refractivity contribution in [2.45, 2.75) is 44.4 Å². The van der Waals surface area contributed by atoms with Gasteiger partial charge in [0, 0.05) is 0 Å². The monoisotopic (exact) mass is 386 g/mol. The van der Waals surface area contributed by atoms with E-state index in [-0.39, 0.29) is 5.75 Å². The predicted octanol–water partition coefficient (Wildman–Crippen LogP) is 7.66. The predicted molar refractivity (Wildman–Crippen MR) is 107 cm³/mol. The van der Waals surface area contributed by atoms with Crippen LogP contribution in [-0.2, 0) is 0 Å². The minimum absolute atomic E-state index is 0.201. The van der Waals surface area contributed by atoms with Crippen molar-refractivity contribution >= 4 is 0 Å². The van der Waals surface area contributed by atoms with E-state index in [0.29, 0.717) is 5.92 Å². The second kappa shape index (κ2) is 9.13. The average Bonchev–Trinajstić information content (AvgIpc) is 2.68. The summed E-state index contributed by atoms with van der Waals surface area (Å²) >= 11 is 0. The molecule has 0 saturated heterocycles. The third-order valence-corrected chi connectivity index (χ3v) is 5.39. The number of ether oxygens (including phenoxy) is 1. The highest BCUT2D eigenvalue weighted by Gasteiger charge is 2.31. The summed E-state index contributed by atoms with van der Waals surface area (Å²) in [5.41, 5.74) is 3.21. The fourth-order valence-corrected chi connectivity index (χ4v) is 3.90. The van der Waals surface area contributed by atoms with Gasteiger partial charge in [-0.15, -0.1) is 13.2 Å². The molecule has 0 aliphatic heterocycles. The minimum atomic E-state index is -4.66. The lowest BCUT2D eigenvalue weighted by Crippen LogP contribution is -2.16. The highest BCUT2D eigenvalue weighted by Crippen LogP contribution is 2.38. The molecule has 1 aliphatic carbocycles. The van der Waals surface area contributed by atoms with Crippen molar-refractivity contribution in [3.63, 3.8) is 0 Å². The molecule has 0 radical (unpaired) electrons. The average molecular weight is 386 g/mol. The molecule has 28 heavy (non-hydrogen) atoms. The fourth-order valence-electron chi connectivity index (χ4n) is 3.90. The number of halogens is 3. The van der Waals surface area contributed by atoms with Crippen molar-refractivity contribution < 1.29 is 17.9 Å². The molecular weight excluding hydrogens is 361 g/mol. The highest BCUT2D eigenvalue weighted by molar-refractivity contribution is 5.64. The van der Waals surface area contributed by atoms with E-state index in [0.717, 1.165) is 23.5 Å². The summed E-state index contributed by atoms with van der Waals surface area (Å²) < 4.78 is 40.7. The Morgan fingerprint density at radius 3 is 2.00 bits per heavy atom. The van der Waals surface area contributed by atoms with E-state index >= 15 is 0 Å². The highest BCUT2D eigenvalue weighted by atomic mass is 19.4. The maximum Gasteiger partial charge on any atom is 0.573 e. The maximum absolute atomic E-state index is 12.3. The molecule has 0 N–H and O–H groups in total. The molecule has 1 saturated carbocycles. The molecule has 148 valence electrons. The smallest absolute Gasteiger partial charge is 0.406 e. The number of alkyl halides is 3. The van der Waals surface area contributed by atoms with Crippen molar-refractivity contribution in [2.75, 3.05) is 0 Å². The molecule has 1 nitrogen and oxygen atoms in total. The molecule has 1 aliphatic rings. The number of hydrogen-bond acceptors (Lipinski definition) is 1. The van der Waals surface area contributed by atoms with E-state index in [1.165, 1.54) is 43.4 Å². The Hall–Kier alpha value is -2.49. The molecule has 0 atom stereocenters. The zero-order chi connectivity index (χ0) is 20.0. The van der Waals surface area contributed by atoms with Crippen LogP contribution in [0.1, 0.15) is 43.6 Å². The van der Waals surface area contributed by atoms with Crippen molar-refractivity contribution in [3.8, 4) is 16.9 Å². The van der Waals surface area contributed by atoms with Gasteiger partial charge in [0.1, 0.15) is 5.75 Å². The second-order valence-electron chi connectivity index (χ2n) is 7.31. The normalized spacial score (nSPS) is 20.2. The first-order valence-corrected chi connectivity index (χ1v) is 9.68. The molecule has 0 unspecified atom stereocenters. The number of hydrogen-bond donors (Lipinski definition) is 0. The van der Waals surface area contributed by atoms with Crippen molar-refractivity contribution in [3.05, 3.63) is 78.9 Å². The van der Waals surface area contributed by atoms with Gasteiger partial charge in [-0.25, -0.2) is 0 Å². The number of benzene rings is 2. The molecule has 4 heteroatoms. The maximum atomic E-state index is 12.3. The summed E-state index contributed by atoms with van der Waals surface area (Å²) in [4.78, 5) is 0. The van der Waals surface area contributed by atoms with Gasteiger partial charge in [0.15, 0.2) is 0 Å². The Labute approximate surface area is 164 Å². The van der Waals surface area contributed by atoms with Crippen LogP contribution in [0.4, 0.5) is 13.2 Å². The van der Waals surface area contributed by atoms with E-state index < -0.39 is 6.36 Å². The Bertz CT molecular complexity index is 780. The van der Waals surface area contributed by atoms with E-state index in [1.54, 1.807) is 12.1 Å². The van der Waals surface area contributed by atoms with Crippen LogP contribution in [-0.4, -0.2) is 6.36 Å². The number of allylic oxidation sites excluding steroid dienone is 3. The first-order chi connectivity index (χ1) is 13.4. The van der Waals surface area contributed by atoms with Gasteiger partial charge in [-0.2, -0.15) is 0 Å². The van der Waals surface area contributed by atoms with Gasteiger partial charge in [-0.05, 0) is 72.8 Å². The quantitative estimate of drug-likeness (QED) is 0.463. The molecule has 3 rings (SSSR count). The lowest BCUT2D eigenvalue weighted by atomic mass is 9.77. The third kappa shape index (κ3) is 5.75. The van der Waals surface area contributed by atoms with Crippen LogP contribution in [0.15, 0.2) is 73.3 Å². The lowest BCUT2D eigenvalue weighted by Gasteiger charge is -2.28. The Morgan fingerprint density at radius 2 is 1.46 bits per heavy atom. The molecule has 0 bridgehead atoms. The second-order valence-corrected chi connectivity index (χ2v) is 7.31. The van der Waals surface area contributed by atoms with E-state index in [4.69, 9.17) is 0 Å². The Balaban J connectivity index is 1.58. The van der Waals surface area contributed by atoms with Gasteiger partial charge in [0.25, 0.3) is 0 Å². The largest absolute Gasteiger partial charge is 0.573 e. The lowest BCUT2D eigenvalue weighted by molar-refractivity contribution is -0.274. The van der Waals surface area contributed by atoms with Crippen LogP contribution in [0.2, 0.25) is 0 Å². The molecule has 0 aromatic heterocycles. The van der Waals surface area contributed by atoms with Gasteiger partial charge in [0.05, 0.1) is 0 Å². The topological polar surface area (TPSA) is 9.23 Å². The van der Waals surface area contributed by atoms with Crippen molar-refractivity contribution in [2.24, 2.45) is 5.92 Å². The standard InChI is InChI=1S/C24H25F3O/c1-2-3-4-5-18-6-8-19(9-7-18)20-10-12-21(13-11-20)22-14-16-23(17-15-22)28-24(25,26)27/h2-4,10-19H,1,5-9H2. The summed E-state index contributed by atoms with van der Waals surface area (Å²) in [6.45, 7) is 3.70. The molecule has 0 spiro atoms. The summed E-state index contributed by atoms with van der Waals surface area (Å²) in [5.74, 6) is 1.16. The van der Waals surface area contributed by atoms with Crippen LogP contribution >= 0.6 is 0 Å². The van der Waals surface area contributed by atoms with E-state index in [1.807, 2.05) is 24.3 Å². The van der Waals surface area contributed by atoms with Crippen LogP contribution in [0.3, 0.4) is 0 Å². The summed E-state index contributed by atoms with van der Waals surface area (Å²) in [6.07, 6.45) is 7.41. The van der Waals surface area contributed by atoms with Crippen LogP contribution in [0.5, 0.6) is 5.75 Å². The molecule has 2 aromatic rings.